The van der Waals surface area contributed by atoms with Crippen molar-refractivity contribution in [2.24, 2.45) is 0 Å². The van der Waals surface area contributed by atoms with E-state index in [1.807, 2.05) is 72.8 Å². The molecule has 7 heteroatoms. The highest BCUT2D eigenvalue weighted by Gasteiger charge is 2.12. The number of hydrogen-bond acceptors (Lipinski definition) is 5. The van der Waals surface area contributed by atoms with Gasteiger partial charge in [0.25, 0.3) is 5.56 Å². The zero-order chi connectivity index (χ0) is 20.5. The number of thiazole rings is 1. The Labute approximate surface area is 180 Å². The second-order valence-corrected chi connectivity index (χ2v) is 7.99. The summed E-state index contributed by atoms with van der Waals surface area (Å²) in [5.41, 5.74) is 1.48. The van der Waals surface area contributed by atoms with E-state index in [0.717, 1.165) is 16.9 Å². The van der Waals surface area contributed by atoms with Gasteiger partial charge < -0.3 is 4.74 Å². The monoisotopic (exact) mass is 431 g/mol. The minimum Gasteiger partial charge on any atom is -0.457 e. The number of benzene rings is 3. The van der Waals surface area contributed by atoms with E-state index in [4.69, 9.17) is 16.3 Å². The summed E-state index contributed by atoms with van der Waals surface area (Å²) in [6, 6.07) is 24.4. The summed E-state index contributed by atoms with van der Waals surface area (Å²) < 4.78 is 7.77. The van der Waals surface area contributed by atoms with Gasteiger partial charge in [-0.05, 0) is 60.2 Å². The maximum Gasteiger partial charge on any atom is 0.291 e. The second-order valence-electron chi connectivity index (χ2n) is 6.54. The van der Waals surface area contributed by atoms with Crippen LogP contribution in [0.15, 0.2) is 83.7 Å². The first-order chi connectivity index (χ1) is 14.7. The molecule has 0 aliphatic carbocycles. The van der Waals surface area contributed by atoms with Crippen LogP contribution in [-0.2, 0) is 0 Å². The maximum absolute atomic E-state index is 12.8. The Morgan fingerprint density at radius 3 is 2.47 bits per heavy atom. The number of aromatic nitrogens is 3. The van der Waals surface area contributed by atoms with Gasteiger partial charge in [0.05, 0.1) is 4.53 Å². The van der Waals surface area contributed by atoms with Gasteiger partial charge in [-0.2, -0.15) is 9.50 Å². The first-order valence-electron chi connectivity index (χ1n) is 9.16. The van der Waals surface area contributed by atoms with Crippen molar-refractivity contribution in [2.75, 3.05) is 0 Å². The van der Waals surface area contributed by atoms with Gasteiger partial charge >= 0.3 is 0 Å². The van der Waals surface area contributed by atoms with Gasteiger partial charge in [-0.25, -0.2) is 0 Å². The van der Waals surface area contributed by atoms with E-state index in [1.54, 1.807) is 12.1 Å². The molecule has 0 spiro atoms. The fourth-order valence-corrected chi connectivity index (χ4v) is 4.03. The van der Waals surface area contributed by atoms with E-state index in [-0.39, 0.29) is 5.56 Å². The Kier molecular flexibility index (Phi) is 4.78. The molecule has 3 aromatic carbocycles. The van der Waals surface area contributed by atoms with Crippen molar-refractivity contribution in [3.63, 3.8) is 0 Å². The Bertz CT molecular complexity index is 1440. The van der Waals surface area contributed by atoms with E-state index < -0.39 is 0 Å². The molecule has 0 saturated heterocycles. The van der Waals surface area contributed by atoms with Crippen molar-refractivity contribution in [1.82, 2.24) is 14.6 Å². The standard InChI is InChI=1S/C23H14ClN3O2S/c24-17-11-9-16(10-12-17)21-25-23-27(26-21)22(28)20(30-23)14-15-5-4-8-19(13-15)29-18-6-2-1-3-7-18/h1-14H. The lowest BCUT2D eigenvalue weighted by Crippen LogP contribution is -2.23. The molecule has 0 unspecified atom stereocenters. The van der Waals surface area contributed by atoms with Crippen LogP contribution in [0.4, 0.5) is 0 Å². The number of nitrogens with zero attached hydrogens (tertiary/aromatic N) is 3. The number of hydrogen-bond donors (Lipinski definition) is 0. The summed E-state index contributed by atoms with van der Waals surface area (Å²) in [7, 11) is 0. The fourth-order valence-electron chi connectivity index (χ4n) is 3.00. The van der Waals surface area contributed by atoms with Crippen molar-refractivity contribution < 1.29 is 4.74 Å². The Morgan fingerprint density at radius 1 is 0.933 bits per heavy atom. The van der Waals surface area contributed by atoms with Crippen LogP contribution in [0, 0.1) is 0 Å². The summed E-state index contributed by atoms with van der Waals surface area (Å²) in [5, 5.41) is 5.00. The molecule has 146 valence electrons. The molecule has 5 nitrogen and oxygen atoms in total. The van der Waals surface area contributed by atoms with Gasteiger partial charge in [-0.3, -0.25) is 4.79 Å². The summed E-state index contributed by atoms with van der Waals surface area (Å²) in [6.45, 7) is 0. The summed E-state index contributed by atoms with van der Waals surface area (Å²) in [5.74, 6) is 1.96. The molecule has 0 aliphatic rings. The lowest BCUT2D eigenvalue weighted by molar-refractivity contribution is 0.482. The van der Waals surface area contributed by atoms with Crippen LogP contribution in [0.2, 0.25) is 5.02 Å². The second kappa shape index (κ2) is 7.74. The highest BCUT2D eigenvalue weighted by atomic mass is 35.5. The largest absolute Gasteiger partial charge is 0.457 e. The van der Waals surface area contributed by atoms with E-state index >= 15 is 0 Å². The zero-order valence-electron chi connectivity index (χ0n) is 15.5. The van der Waals surface area contributed by atoms with Crippen LogP contribution in [0.3, 0.4) is 0 Å². The molecule has 0 fully saturated rings. The molecule has 30 heavy (non-hydrogen) atoms. The van der Waals surface area contributed by atoms with E-state index in [9.17, 15) is 4.79 Å². The summed E-state index contributed by atoms with van der Waals surface area (Å²) in [4.78, 5) is 17.8. The molecule has 0 saturated carbocycles. The fraction of sp³-hybridized carbons (Fsp3) is 0. The normalized spacial score (nSPS) is 11.8. The summed E-state index contributed by atoms with van der Waals surface area (Å²) in [6.07, 6.45) is 1.82. The van der Waals surface area contributed by atoms with Gasteiger partial charge in [0.2, 0.25) is 4.96 Å². The van der Waals surface area contributed by atoms with Gasteiger partial charge in [-0.1, -0.05) is 53.3 Å². The quantitative estimate of drug-likeness (QED) is 0.409. The predicted octanol–water partition coefficient (Wildman–Crippen LogP) is 4.81. The van der Waals surface area contributed by atoms with Crippen molar-refractivity contribution >= 4 is 34.0 Å². The number of fused-ring (bicyclic) bond motifs is 1. The van der Waals surface area contributed by atoms with Crippen molar-refractivity contribution in [3.05, 3.63) is 104 Å². The average Bonchev–Trinajstić information content (AvgIpc) is 3.29. The zero-order valence-corrected chi connectivity index (χ0v) is 17.1. The Morgan fingerprint density at radius 2 is 1.70 bits per heavy atom. The highest BCUT2D eigenvalue weighted by Crippen LogP contribution is 2.22. The molecule has 2 aromatic heterocycles. The summed E-state index contributed by atoms with van der Waals surface area (Å²) >= 11 is 7.23. The van der Waals surface area contributed by atoms with Crippen LogP contribution in [0.25, 0.3) is 22.4 Å². The minimum atomic E-state index is -0.197. The molecule has 0 N–H and O–H groups in total. The third-order valence-corrected chi connectivity index (χ3v) is 5.63. The van der Waals surface area contributed by atoms with Crippen molar-refractivity contribution in [3.8, 4) is 22.9 Å². The third-order valence-electron chi connectivity index (χ3n) is 4.42. The molecular formula is C23H14ClN3O2S. The van der Waals surface area contributed by atoms with Crippen LogP contribution < -0.4 is 14.8 Å². The number of halogens is 1. The number of rotatable bonds is 4. The van der Waals surface area contributed by atoms with Crippen LogP contribution in [0.1, 0.15) is 5.56 Å². The van der Waals surface area contributed by atoms with Crippen LogP contribution >= 0.6 is 22.9 Å². The SMILES string of the molecule is O=c1c(=Cc2cccc(Oc3ccccc3)c2)sc2nc(-c3ccc(Cl)cc3)nn12. The maximum atomic E-state index is 12.8. The Balaban J connectivity index is 1.48. The molecular weight excluding hydrogens is 418 g/mol. The number of ether oxygens (including phenoxy) is 1. The van der Waals surface area contributed by atoms with Gasteiger partial charge in [0.15, 0.2) is 5.82 Å². The smallest absolute Gasteiger partial charge is 0.291 e. The van der Waals surface area contributed by atoms with E-state index in [2.05, 4.69) is 10.1 Å². The molecule has 0 amide bonds. The highest BCUT2D eigenvalue weighted by molar-refractivity contribution is 7.15. The topological polar surface area (TPSA) is 56.5 Å². The van der Waals surface area contributed by atoms with Crippen molar-refractivity contribution in [1.29, 1.82) is 0 Å². The molecule has 0 radical (unpaired) electrons. The third kappa shape index (κ3) is 3.70. The van der Waals surface area contributed by atoms with Gasteiger partial charge in [0, 0.05) is 10.6 Å². The lowest BCUT2D eigenvalue weighted by atomic mass is 10.2. The predicted molar refractivity (Wildman–Crippen MR) is 119 cm³/mol. The average molecular weight is 432 g/mol. The van der Waals surface area contributed by atoms with E-state index in [1.165, 1.54) is 15.9 Å². The van der Waals surface area contributed by atoms with Crippen LogP contribution in [0.5, 0.6) is 11.5 Å². The first-order valence-corrected chi connectivity index (χ1v) is 10.4. The van der Waals surface area contributed by atoms with Gasteiger partial charge in [-0.15, -0.1) is 5.10 Å². The van der Waals surface area contributed by atoms with E-state index in [0.29, 0.717) is 26.1 Å². The molecule has 5 rings (SSSR count). The molecule has 0 bridgehead atoms. The molecule has 0 aliphatic heterocycles. The first kappa shape index (κ1) is 18.5. The van der Waals surface area contributed by atoms with Gasteiger partial charge in [0.1, 0.15) is 11.5 Å². The minimum absolute atomic E-state index is 0.197. The Hall–Kier alpha value is -3.48. The number of para-hydroxylation sites is 1. The molecule has 2 heterocycles. The van der Waals surface area contributed by atoms with Crippen molar-refractivity contribution in [2.45, 2.75) is 0 Å². The van der Waals surface area contributed by atoms with Crippen LogP contribution in [-0.4, -0.2) is 14.6 Å². The molecule has 0 atom stereocenters. The lowest BCUT2D eigenvalue weighted by Gasteiger charge is -2.05. The molecule has 5 aromatic rings.